The van der Waals surface area contributed by atoms with E-state index < -0.39 is 0 Å². The molecule has 4 heteroatoms. The van der Waals surface area contributed by atoms with Crippen LogP contribution in [0.1, 0.15) is 120 Å². The molecule has 2 aromatic carbocycles. The first-order chi connectivity index (χ1) is 18.4. The van der Waals surface area contributed by atoms with Crippen LogP contribution in [-0.2, 0) is 21.7 Å². The van der Waals surface area contributed by atoms with E-state index in [-0.39, 0.29) is 36.5 Å². The quantitative estimate of drug-likeness (QED) is 0.241. The summed E-state index contributed by atoms with van der Waals surface area (Å²) in [4.78, 5) is 18.0. The van der Waals surface area contributed by atoms with Crippen molar-refractivity contribution in [2.75, 3.05) is 0 Å². The Labute approximate surface area is 257 Å². The SMILES string of the molecule is C.C.CC(C)(C)c1ccc(-c2ncc(C(C)(C)C)cn2)cc1.CC(C)(C)c1ccc(-c2ncc(C(C)(C)C)cn2)cc1. The number of benzene rings is 2. The maximum Gasteiger partial charge on any atom is 0.159 e. The van der Waals surface area contributed by atoms with Gasteiger partial charge in [0.2, 0.25) is 0 Å². The van der Waals surface area contributed by atoms with E-state index >= 15 is 0 Å². The van der Waals surface area contributed by atoms with E-state index in [1.807, 2.05) is 24.8 Å². The monoisotopic (exact) mass is 568 g/mol. The van der Waals surface area contributed by atoms with Gasteiger partial charge in [0.1, 0.15) is 0 Å². The van der Waals surface area contributed by atoms with Crippen molar-refractivity contribution in [2.45, 2.75) is 120 Å². The Hall–Kier alpha value is -3.40. The van der Waals surface area contributed by atoms with E-state index in [1.165, 1.54) is 11.1 Å². The fourth-order valence-electron chi connectivity index (χ4n) is 3.97. The van der Waals surface area contributed by atoms with Gasteiger partial charge < -0.3 is 0 Å². The average Bonchev–Trinajstić information content (AvgIpc) is 2.87. The van der Waals surface area contributed by atoms with E-state index in [1.54, 1.807) is 0 Å². The molecule has 42 heavy (non-hydrogen) atoms. The molecule has 0 N–H and O–H groups in total. The summed E-state index contributed by atoms with van der Waals surface area (Å²) in [5, 5.41) is 0. The second-order valence-electron chi connectivity index (χ2n) is 14.7. The highest BCUT2D eigenvalue weighted by Crippen LogP contribution is 2.27. The van der Waals surface area contributed by atoms with Gasteiger partial charge in [0.05, 0.1) is 0 Å². The van der Waals surface area contributed by atoms with Crippen LogP contribution in [0.3, 0.4) is 0 Å². The van der Waals surface area contributed by atoms with Crippen molar-refractivity contribution >= 4 is 0 Å². The highest BCUT2D eigenvalue weighted by molar-refractivity contribution is 5.56. The smallest absolute Gasteiger partial charge is 0.159 e. The Morgan fingerprint density at radius 1 is 0.333 bits per heavy atom. The highest BCUT2D eigenvalue weighted by Gasteiger charge is 2.17. The molecule has 2 heterocycles. The molecule has 0 saturated heterocycles. The van der Waals surface area contributed by atoms with Crippen molar-refractivity contribution in [3.8, 4) is 22.8 Å². The summed E-state index contributed by atoms with van der Waals surface area (Å²) in [5.74, 6) is 1.58. The molecule has 2 aromatic heterocycles. The van der Waals surface area contributed by atoms with Gasteiger partial charge in [-0.2, -0.15) is 0 Å². The van der Waals surface area contributed by atoms with Gasteiger partial charge in [-0.15, -0.1) is 0 Å². The summed E-state index contributed by atoms with van der Waals surface area (Å²) in [6.07, 6.45) is 7.72. The molecule has 228 valence electrons. The Morgan fingerprint density at radius 3 is 0.738 bits per heavy atom. The van der Waals surface area contributed by atoms with Crippen LogP contribution in [0.4, 0.5) is 0 Å². The third-order valence-corrected chi connectivity index (χ3v) is 7.05. The molecule has 0 saturated carbocycles. The Bertz CT molecular complexity index is 1130. The topological polar surface area (TPSA) is 51.6 Å². The highest BCUT2D eigenvalue weighted by atomic mass is 14.9. The molecule has 0 spiro atoms. The van der Waals surface area contributed by atoms with Crippen molar-refractivity contribution in [3.05, 3.63) is 95.6 Å². The second-order valence-corrected chi connectivity index (χ2v) is 14.7. The number of aromatic nitrogens is 4. The standard InChI is InChI=1S/2C18H24N2.2CH4/c2*1-17(2,3)14-9-7-13(8-10-14)16-19-11-15(12-20-16)18(4,5)6;;/h2*7-12H,1-6H3;2*1H4. The van der Waals surface area contributed by atoms with Crippen LogP contribution >= 0.6 is 0 Å². The zero-order valence-electron chi connectivity index (χ0n) is 26.7. The second kappa shape index (κ2) is 13.7. The molecule has 0 fully saturated rings. The predicted molar refractivity (Wildman–Crippen MR) is 183 cm³/mol. The van der Waals surface area contributed by atoms with Crippen molar-refractivity contribution in [1.82, 2.24) is 19.9 Å². The molecule has 4 aromatic rings. The molecule has 0 aliphatic rings. The molecule has 0 atom stereocenters. The Morgan fingerprint density at radius 2 is 0.548 bits per heavy atom. The van der Waals surface area contributed by atoms with Crippen LogP contribution in [0.2, 0.25) is 0 Å². The molecule has 0 amide bonds. The van der Waals surface area contributed by atoms with Crippen LogP contribution in [0.5, 0.6) is 0 Å². The molecule has 0 radical (unpaired) electrons. The lowest BCUT2D eigenvalue weighted by atomic mass is 9.86. The van der Waals surface area contributed by atoms with Gasteiger partial charge in [-0.25, -0.2) is 19.9 Å². The lowest BCUT2D eigenvalue weighted by Crippen LogP contribution is -2.12. The molecule has 4 nitrogen and oxygen atoms in total. The van der Waals surface area contributed by atoms with Crippen LogP contribution in [0, 0.1) is 0 Å². The zero-order chi connectivity index (χ0) is 29.9. The first-order valence-corrected chi connectivity index (χ1v) is 14.2. The largest absolute Gasteiger partial charge is 0.236 e. The molecule has 0 aliphatic carbocycles. The van der Waals surface area contributed by atoms with E-state index in [4.69, 9.17) is 0 Å². The predicted octanol–water partition coefficient (Wildman–Crippen LogP) is 10.7. The molecule has 4 rings (SSSR count). The maximum atomic E-state index is 4.50. The Kier molecular flexibility index (Phi) is 12.0. The minimum absolute atomic E-state index is 0. The van der Waals surface area contributed by atoms with Crippen molar-refractivity contribution in [3.63, 3.8) is 0 Å². The summed E-state index contributed by atoms with van der Waals surface area (Å²) in [6.45, 7) is 26.3. The summed E-state index contributed by atoms with van der Waals surface area (Å²) >= 11 is 0. The third kappa shape index (κ3) is 9.86. The van der Waals surface area contributed by atoms with Crippen LogP contribution in [-0.4, -0.2) is 19.9 Å². The lowest BCUT2D eigenvalue weighted by Gasteiger charge is -2.19. The maximum absolute atomic E-state index is 4.50. The molecular weight excluding hydrogens is 512 g/mol. The first-order valence-electron chi connectivity index (χ1n) is 14.2. The molecular formula is C38H56N4. The summed E-state index contributed by atoms with van der Waals surface area (Å²) in [7, 11) is 0. The fraction of sp³-hybridized carbons (Fsp3) is 0.474. The third-order valence-electron chi connectivity index (χ3n) is 7.05. The van der Waals surface area contributed by atoms with Gasteiger partial charge in [-0.1, -0.05) is 146 Å². The number of nitrogens with zero attached hydrogens (tertiary/aromatic N) is 4. The molecule has 0 unspecified atom stereocenters. The van der Waals surface area contributed by atoms with Gasteiger partial charge in [-0.05, 0) is 43.9 Å². The zero-order valence-corrected chi connectivity index (χ0v) is 26.7. The van der Waals surface area contributed by atoms with Crippen molar-refractivity contribution in [1.29, 1.82) is 0 Å². The summed E-state index contributed by atoms with van der Waals surface area (Å²) < 4.78 is 0. The van der Waals surface area contributed by atoms with Crippen LogP contribution in [0.25, 0.3) is 22.8 Å². The van der Waals surface area contributed by atoms with E-state index in [0.717, 1.165) is 33.9 Å². The first kappa shape index (κ1) is 36.6. The van der Waals surface area contributed by atoms with Gasteiger partial charge in [0, 0.05) is 35.9 Å². The van der Waals surface area contributed by atoms with Crippen molar-refractivity contribution < 1.29 is 0 Å². The van der Waals surface area contributed by atoms with E-state index in [2.05, 4.69) is 152 Å². The van der Waals surface area contributed by atoms with E-state index in [0.29, 0.717) is 0 Å². The van der Waals surface area contributed by atoms with Crippen LogP contribution in [0.15, 0.2) is 73.3 Å². The number of rotatable bonds is 2. The van der Waals surface area contributed by atoms with Gasteiger partial charge in [0.25, 0.3) is 0 Å². The fourth-order valence-corrected chi connectivity index (χ4v) is 3.97. The normalized spacial score (nSPS) is 11.9. The van der Waals surface area contributed by atoms with E-state index in [9.17, 15) is 0 Å². The summed E-state index contributed by atoms with van der Waals surface area (Å²) in [5.41, 5.74) is 7.64. The minimum atomic E-state index is 0. The summed E-state index contributed by atoms with van der Waals surface area (Å²) in [6, 6.07) is 17.1. The van der Waals surface area contributed by atoms with Crippen molar-refractivity contribution in [2.24, 2.45) is 0 Å². The van der Waals surface area contributed by atoms with Gasteiger partial charge in [0.15, 0.2) is 11.6 Å². The number of hydrogen-bond acceptors (Lipinski definition) is 4. The minimum Gasteiger partial charge on any atom is -0.236 e. The molecule has 0 aliphatic heterocycles. The average molecular weight is 569 g/mol. The van der Waals surface area contributed by atoms with Gasteiger partial charge in [-0.3, -0.25) is 0 Å². The molecule has 0 bridgehead atoms. The van der Waals surface area contributed by atoms with Crippen LogP contribution < -0.4 is 0 Å². The number of hydrogen-bond donors (Lipinski definition) is 0. The lowest BCUT2D eigenvalue weighted by molar-refractivity contribution is 0.584. The van der Waals surface area contributed by atoms with Gasteiger partial charge >= 0.3 is 0 Å². The Balaban J connectivity index is 0.000000401.